The van der Waals surface area contributed by atoms with Crippen LogP contribution in [0.5, 0.6) is 0 Å². The highest BCUT2D eigenvalue weighted by atomic mass is 32.1. The Labute approximate surface area is 166 Å². The van der Waals surface area contributed by atoms with Gasteiger partial charge >= 0.3 is 0 Å². The minimum atomic E-state index is 0.0815. The van der Waals surface area contributed by atoms with Crippen molar-refractivity contribution in [2.75, 3.05) is 36.4 Å². The maximum atomic E-state index is 12.5. The number of piperidine rings is 1. The van der Waals surface area contributed by atoms with Crippen molar-refractivity contribution in [2.45, 2.75) is 38.6 Å². The van der Waals surface area contributed by atoms with E-state index in [2.05, 4.69) is 51.7 Å². The van der Waals surface area contributed by atoms with Crippen LogP contribution in [-0.2, 0) is 4.79 Å². The summed E-state index contributed by atoms with van der Waals surface area (Å²) in [5, 5.41) is 5.20. The highest BCUT2D eigenvalue weighted by molar-refractivity contribution is 7.10. The lowest BCUT2D eigenvalue weighted by Crippen LogP contribution is -2.33. The summed E-state index contributed by atoms with van der Waals surface area (Å²) < 4.78 is 0. The molecule has 4 rings (SSSR count). The second-order valence-corrected chi connectivity index (χ2v) is 8.89. The lowest BCUT2D eigenvalue weighted by atomic mass is 9.99. The fourth-order valence-corrected chi connectivity index (χ4v) is 5.12. The molecule has 3 heterocycles. The minimum Gasteiger partial charge on any atom is -0.372 e. The smallest absolute Gasteiger partial charge is 0.238 e. The number of hydrogen-bond acceptors (Lipinski definition) is 4. The Bertz CT molecular complexity index is 735. The first-order chi connectivity index (χ1) is 13.2. The molecule has 0 saturated carbocycles. The SMILES string of the molecule is CC1CCN(c2ccc(NC(=O)CN3CCCC3c3cccs3)cc2)CC1. The molecule has 2 aromatic rings. The number of hydrogen-bond donors (Lipinski definition) is 1. The fourth-order valence-electron chi connectivity index (χ4n) is 4.23. The van der Waals surface area contributed by atoms with E-state index in [9.17, 15) is 4.79 Å². The second kappa shape index (κ2) is 8.44. The Kier molecular flexibility index (Phi) is 5.79. The number of nitrogens with one attached hydrogen (secondary N) is 1. The lowest BCUT2D eigenvalue weighted by Gasteiger charge is -2.32. The van der Waals surface area contributed by atoms with E-state index in [0.717, 1.165) is 37.7 Å². The zero-order valence-electron chi connectivity index (χ0n) is 16.1. The molecule has 1 atom stereocenters. The van der Waals surface area contributed by atoms with Gasteiger partial charge in [-0.15, -0.1) is 11.3 Å². The predicted molar refractivity (Wildman–Crippen MR) is 114 cm³/mol. The minimum absolute atomic E-state index is 0.0815. The largest absolute Gasteiger partial charge is 0.372 e. The van der Waals surface area contributed by atoms with Crippen LogP contribution in [0.3, 0.4) is 0 Å². The zero-order chi connectivity index (χ0) is 18.6. The van der Waals surface area contributed by atoms with Gasteiger partial charge in [-0.25, -0.2) is 0 Å². The Balaban J connectivity index is 1.31. The second-order valence-electron chi connectivity index (χ2n) is 7.91. The zero-order valence-corrected chi connectivity index (χ0v) is 16.9. The summed E-state index contributed by atoms with van der Waals surface area (Å²) in [5.41, 5.74) is 2.15. The van der Waals surface area contributed by atoms with Crippen LogP contribution in [0, 0.1) is 5.92 Å². The highest BCUT2D eigenvalue weighted by Gasteiger charge is 2.28. The number of carbonyl (C=O) groups is 1. The molecule has 1 unspecified atom stereocenters. The van der Waals surface area contributed by atoms with Gasteiger partial charge in [-0.2, -0.15) is 0 Å². The average molecular weight is 384 g/mol. The van der Waals surface area contributed by atoms with Crippen molar-refractivity contribution >= 4 is 28.6 Å². The van der Waals surface area contributed by atoms with Gasteiger partial charge in [-0.05, 0) is 73.9 Å². The quantitative estimate of drug-likeness (QED) is 0.808. The molecule has 144 valence electrons. The molecule has 0 spiro atoms. The number of likely N-dealkylation sites (tertiary alicyclic amines) is 1. The van der Waals surface area contributed by atoms with E-state index in [-0.39, 0.29) is 5.91 Å². The van der Waals surface area contributed by atoms with Gasteiger partial charge in [0.25, 0.3) is 0 Å². The summed E-state index contributed by atoms with van der Waals surface area (Å²) >= 11 is 1.79. The predicted octanol–water partition coefficient (Wildman–Crippen LogP) is 4.76. The Morgan fingerprint density at radius 1 is 1.11 bits per heavy atom. The van der Waals surface area contributed by atoms with Crippen LogP contribution in [0.15, 0.2) is 41.8 Å². The first kappa shape index (κ1) is 18.5. The van der Waals surface area contributed by atoms with E-state index in [0.29, 0.717) is 12.6 Å². The van der Waals surface area contributed by atoms with E-state index < -0.39 is 0 Å². The lowest BCUT2D eigenvalue weighted by molar-refractivity contribution is -0.117. The summed E-state index contributed by atoms with van der Waals surface area (Å²) in [7, 11) is 0. The van der Waals surface area contributed by atoms with E-state index in [4.69, 9.17) is 0 Å². The van der Waals surface area contributed by atoms with Crippen molar-refractivity contribution in [1.29, 1.82) is 0 Å². The monoisotopic (exact) mass is 383 g/mol. The standard InChI is InChI=1S/C22H29N3OS/c1-17-10-13-24(14-11-17)19-8-6-18(7-9-19)23-22(26)16-25-12-2-4-20(25)21-5-3-15-27-21/h3,5-9,15,17,20H,2,4,10-14,16H2,1H3,(H,23,26). The van der Waals surface area contributed by atoms with Crippen molar-refractivity contribution in [2.24, 2.45) is 5.92 Å². The van der Waals surface area contributed by atoms with Crippen LogP contribution in [0.2, 0.25) is 0 Å². The van der Waals surface area contributed by atoms with Crippen LogP contribution in [0.4, 0.5) is 11.4 Å². The Morgan fingerprint density at radius 3 is 2.59 bits per heavy atom. The number of thiophene rings is 1. The van der Waals surface area contributed by atoms with Crippen LogP contribution >= 0.6 is 11.3 Å². The number of rotatable bonds is 5. The molecule has 1 aromatic heterocycles. The van der Waals surface area contributed by atoms with Gasteiger partial charge < -0.3 is 10.2 Å². The topological polar surface area (TPSA) is 35.6 Å². The van der Waals surface area contributed by atoms with E-state index in [1.165, 1.54) is 29.8 Å². The third-order valence-electron chi connectivity index (χ3n) is 5.88. The van der Waals surface area contributed by atoms with Crippen LogP contribution in [-0.4, -0.2) is 37.0 Å². The summed E-state index contributed by atoms with van der Waals surface area (Å²) in [6, 6.07) is 13.0. The number of benzene rings is 1. The van der Waals surface area contributed by atoms with Crippen molar-refractivity contribution in [3.05, 3.63) is 46.7 Å². The van der Waals surface area contributed by atoms with Gasteiger partial charge in [0, 0.05) is 35.4 Å². The molecular formula is C22H29N3OS. The third-order valence-corrected chi connectivity index (χ3v) is 6.86. The molecule has 27 heavy (non-hydrogen) atoms. The number of nitrogens with zero attached hydrogens (tertiary/aromatic N) is 2. The van der Waals surface area contributed by atoms with Crippen molar-refractivity contribution < 1.29 is 4.79 Å². The summed E-state index contributed by atoms with van der Waals surface area (Å²) in [6.45, 7) is 6.06. The van der Waals surface area contributed by atoms with E-state index in [1.54, 1.807) is 11.3 Å². The normalized spacial score (nSPS) is 21.5. The Hall–Kier alpha value is -1.85. The molecule has 2 aliphatic heterocycles. The summed E-state index contributed by atoms with van der Waals surface area (Å²) in [4.78, 5) is 18.7. The van der Waals surface area contributed by atoms with Crippen molar-refractivity contribution in [1.82, 2.24) is 4.90 Å². The van der Waals surface area contributed by atoms with E-state index >= 15 is 0 Å². The average Bonchev–Trinajstić information content (AvgIpc) is 3.34. The molecule has 2 fully saturated rings. The molecule has 1 aromatic carbocycles. The molecule has 0 aliphatic carbocycles. The van der Waals surface area contributed by atoms with Gasteiger partial charge in [0.05, 0.1) is 6.54 Å². The molecule has 1 amide bonds. The highest BCUT2D eigenvalue weighted by Crippen LogP contribution is 2.34. The molecule has 5 heteroatoms. The molecule has 0 radical (unpaired) electrons. The first-order valence-electron chi connectivity index (χ1n) is 10.1. The van der Waals surface area contributed by atoms with Gasteiger partial charge in [-0.1, -0.05) is 13.0 Å². The van der Waals surface area contributed by atoms with Gasteiger partial charge in [0.15, 0.2) is 0 Å². The molecule has 2 saturated heterocycles. The maximum absolute atomic E-state index is 12.5. The van der Waals surface area contributed by atoms with Crippen molar-refractivity contribution in [3.8, 4) is 0 Å². The molecule has 4 nitrogen and oxygen atoms in total. The maximum Gasteiger partial charge on any atom is 0.238 e. The molecule has 1 N–H and O–H groups in total. The van der Waals surface area contributed by atoms with Gasteiger partial charge in [0.1, 0.15) is 0 Å². The Morgan fingerprint density at radius 2 is 1.89 bits per heavy atom. The van der Waals surface area contributed by atoms with Crippen LogP contribution in [0.25, 0.3) is 0 Å². The summed E-state index contributed by atoms with van der Waals surface area (Å²) in [5.74, 6) is 0.918. The third kappa shape index (κ3) is 4.53. The molecule has 2 aliphatic rings. The number of anilines is 2. The summed E-state index contributed by atoms with van der Waals surface area (Å²) in [6.07, 6.45) is 4.84. The fraction of sp³-hybridized carbons (Fsp3) is 0.500. The van der Waals surface area contributed by atoms with Gasteiger partial charge in [0.2, 0.25) is 5.91 Å². The first-order valence-corrected chi connectivity index (χ1v) is 11.0. The molecule has 0 bridgehead atoms. The number of carbonyl (C=O) groups excluding carboxylic acids is 1. The van der Waals surface area contributed by atoms with Gasteiger partial charge in [-0.3, -0.25) is 9.69 Å². The van der Waals surface area contributed by atoms with Crippen LogP contribution < -0.4 is 10.2 Å². The van der Waals surface area contributed by atoms with Crippen molar-refractivity contribution in [3.63, 3.8) is 0 Å². The van der Waals surface area contributed by atoms with Crippen LogP contribution in [0.1, 0.15) is 43.5 Å². The van der Waals surface area contributed by atoms with E-state index in [1.807, 2.05) is 12.1 Å². The molecular weight excluding hydrogens is 354 g/mol. The number of amides is 1.